The number of hydrogen-bond acceptors (Lipinski definition) is 3. The van der Waals surface area contributed by atoms with Gasteiger partial charge in [0.1, 0.15) is 0 Å². The lowest BCUT2D eigenvalue weighted by atomic mass is 10.1. The molecule has 0 amide bonds. The minimum atomic E-state index is 0. The molecule has 26 heavy (non-hydrogen) atoms. The van der Waals surface area contributed by atoms with Crippen LogP contribution in [0.1, 0.15) is 5.69 Å². The maximum Gasteiger partial charge on any atom is 0.0929 e. The molecule has 0 unspecified atom stereocenters. The smallest absolute Gasteiger partial charge is 0.0929 e. The Labute approximate surface area is 167 Å². The van der Waals surface area contributed by atoms with E-state index < -0.39 is 0 Å². The highest BCUT2D eigenvalue weighted by Gasteiger charge is 2.19. The fourth-order valence-electron chi connectivity index (χ4n) is 3.31. The fourth-order valence-corrected chi connectivity index (χ4v) is 3.31. The summed E-state index contributed by atoms with van der Waals surface area (Å²) in [4.78, 5) is 12.8. The van der Waals surface area contributed by atoms with Crippen LogP contribution in [0.25, 0.3) is 11.3 Å². The predicted octanol–water partition coefficient (Wildman–Crippen LogP) is 4.24. The lowest BCUT2D eigenvalue weighted by Crippen LogP contribution is -2.46. The third-order valence-corrected chi connectivity index (χ3v) is 4.64. The summed E-state index contributed by atoms with van der Waals surface area (Å²) < 4.78 is 0. The second-order valence-corrected chi connectivity index (χ2v) is 6.19. The molecule has 0 spiro atoms. The highest BCUT2D eigenvalue weighted by molar-refractivity contribution is 5.85. The van der Waals surface area contributed by atoms with Gasteiger partial charge in [-0.25, -0.2) is 4.98 Å². The zero-order valence-corrected chi connectivity index (χ0v) is 16.2. The zero-order chi connectivity index (χ0) is 16.2. The molecule has 2 aromatic carbocycles. The lowest BCUT2D eigenvalue weighted by Gasteiger charge is -2.36. The number of H-pyrrole nitrogens is 1. The maximum atomic E-state index is 4.52. The molecule has 1 fully saturated rings. The van der Waals surface area contributed by atoms with Gasteiger partial charge >= 0.3 is 0 Å². The van der Waals surface area contributed by atoms with Crippen molar-refractivity contribution in [2.75, 3.05) is 31.1 Å². The Morgan fingerprint density at radius 1 is 0.808 bits per heavy atom. The van der Waals surface area contributed by atoms with Crippen LogP contribution in [0.4, 0.5) is 5.69 Å². The first kappa shape index (κ1) is 20.3. The van der Waals surface area contributed by atoms with E-state index in [2.05, 4.69) is 74.4 Å². The van der Waals surface area contributed by atoms with Gasteiger partial charge in [-0.15, -0.1) is 24.8 Å². The Bertz CT molecular complexity index is 769. The Morgan fingerprint density at radius 2 is 1.42 bits per heavy atom. The van der Waals surface area contributed by atoms with Crippen molar-refractivity contribution in [1.29, 1.82) is 0 Å². The van der Waals surface area contributed by atoms with Crippen LogP contribution in [-0.2, 0) is 6.54 Å². The van der Waals surface area contributed by atoms with E-state index >= 15 is 0 Å². The van der Waals surface area contributed by atoms with Crippen LogP contribution < -0.4 is 4.90 Å². The van der Waals surface area contributed by atoms with Crippen LogP contribution in [-0.4, -0.2) is 41.0 Å². The Hall–Kier alpha value is -2.01. The van der Waals surface area contributed by atoms with Gasteiger partial charge in [-0.1, -0.05) is 48.5 Å². The summed E-state index contributed by atoms with van der Waals surface area (Å²) >= 11 is 0. The monoisotopic (exact) mass is 390 g/mol. The molecular weight excluding hydrogens is 367 g/mol. The summed E-state index contributed by atoms with van der Waals surface area (Å²) in [6.07, 6.45) is 1.80. The van der Waals surface area contributed by atoms with E-state index in [1.165, 1.54) is 16.9 Å². The third kappa shape index (κ3) is 4.58. The van der Waals surface area contributed by atoms with Crippen molar-refractivity contribution in [1.82, 2.24) is 14.9 Å². The SMILES string of the molecule is Cl.Cl.c1ccc(-c2nc[nH]c2CN2CCN(c3ccccc3)CC2)cc1. The minimum absolute atomic E-state index is 0. The topological polar surface area (TPSA) is 35.2 Å². The van der Waals surface area contributed by atoms with Gasteiger partial charge in [0.2, 0.25) is 0 Å². The molecule has 6 heteroatoms. The third-order valence-electron chi connectivity index (χ3n) is 4.64. The number of nitrogens with one attached hydrogen (secondary N) is 1. The van der Waals surface area contributed by atoms with Gasteiger partial charge in [0.05, 0.1) is 17.7 Å². The van der Waals surface area contributed by atoms with Gasteiger partial charge in [-0.05, 0) is 12.1 Å². The van der Waals surface area contributed by atoms with E-state index in [4.69, 9.17) is 0 Å². The van der Waals surface area contributed by atoms with Crippen molar-refractivity contribution in [3.63, 3.8) is 0 Å². The number of piperazine rings is 1. The molecule has 1 aromatic heterocycles. The molecule has 1 saturated heterocycles. The molecule has 0 saturated carbocycles. The highest BCUT2D eigenvalue weighted by atomic mass is 35.5. The fraction of sp³-hybridized carbons (Fsp3) is 0.250. The van der Waals surface area contributed by atoms with E-state index in [9.17, 15) is 0 Å². The van der Waals surface area contributed by atoms with E-state index in [0.29, 0.717) is 0 Å². The van der Waals surface area contributed by atoms with Crippen LogP contribution in [0.3, 0.4) is 0 Å². The number of anilines is 1. The molecule has 2 heterocycles. The van der Waals surface area contributed by atoms with Crippen molar-refractivity contribution >= 4 is 30.5 Å². The van der Waals surface area contributed by atoms with Gasteiger partial charge in [0.15, 0.2) is 0 Å². The highest BCUT2D eigenvalue weighted by Crippen LogP contribution is 2.22. The van der Waals surface area contributed by atoms with Gasteiger partial charge in [-0.2, -0.15) is 0 Å². The number of nitrogens with zero attached hydrogens (tertiary/aromatic N) is 3. The molecule has 138 valence electrons. The maximum absolute atomic E-state index is 4.52. The summed E-state index contributed by atoms with van der Waals surface area (Å²) in [5.41, 5.74) is 4.77. The minimum Gasteiger partial charge on any atom is -0.369 e. The first-order valence-electron chi connectivity index (χ1n) is 8.50. The van der Waals surface area contributed by atoms with Crippen LogP contribution in [0.5, 0.6) is 0 Å². The van der Waals surface area contributed by atoms with Crippen molar-refractivity contribution in [2.24, 2.45) is 0 Å². The van der Waals surface area contributed by atoms with Gasteiger partial charge in [0.25, 0.3) is 0 Å². The number of imidazole rings is 1. The normalized spacial score (nSPS) is 14.4. The number of benzene rings is 2. The van der Waals surface area contributed by atoms with E-state index in [0.717, 1.165) is 38.4 Å². The van der Waals surface area contributed by atoms with Gasteiger partial charge < -0.3 is 9.88 Å². The Balaban J connectivity index is 0.00000121. The molecule has 1 N–H and O–H groups in total. The van der Waals surface area contributed by atoms with Gasteiger partial charge in [-0.3, -0.25) is 4.90 Å². The van der Waals surface area contributed by atoms with Crippen LogP contribution in [0.2, 0.25) is 0 Å². The molecule has 0 bridgehead atoms. The van der Waals surface area contributed by atoms with Crippen LogP contribution in [0, 0.1) is 0 Å². The zero-order valence-electron chi connectivity index (χ0n) is 14.5. The van der Waals surface area contributed by atoms with E-state index in [-0.39, 0.29) is 24.8 Å². The van der Waals surface area contributed by atoms with Crippen molar-refractivity contribution < 1.29 is 0 Å². The number of halogens is 2. The quantitative estimate of drug-likeness (QED) is 0.723. The number of aromatic nitrogens is 2. The molecule has 0 radical (unpaired) electrons. The van der Waals surface area contributed by atoms with Gasteiger partial charge in [0, 0.05) is 44.0 Å². The summed E-state index contributed by atoms with van der Waals surface area (Å²) in [7, 11) is 0. The summed E-state index contributed by atoms with van der Waals surface area (Å²) in [5.74, 6) is 0. The Kier molecular flexibility index (Phi) is 7.51. The van der Waals surface area contributed by atoms with Crippen LogP contribution in [0.15, 0.2) is 67.0 Å². The van der Waals surface area contributed by atoms with Crippen molar-refractivity contribution in [2.45, 2.75) is 6.54 Å². The van der Waals surface area contributed by atoms with Crippen molar-refractivity contribution in [3.8, 4) is 11.3 Å². The summed E-state index contributed by atoms with van der Waals surface area (Å²) in [6.45, 7) is 5.20. The molecule has 1 aliphatic heterocycles. The molecule has 3 aromatic rings. The molecule has 4 nitrogen and oxygen atoms in total. The predicted molar refractivity (Wildman–Crippen MR) is 112 cm³/mol. The standard InChI is InChI=1S/C20H22N4.2ClH/c1-3-7-17(8-4-1)20-19(21-16-22-20)15-23-11-13-24(14-12-23)18-9-5-2-6-10-18;;/h1-10,16H,11-15H2,(H,21,22);2*1H. The Morgan fingerprint density at radius 3 is 2.08 bits per heavy atom. The average Bonchev–Trinajstić information content (AvgIpc) is 3.12. The summed E-state index contributed by atoms with van der Waals surface area (Å²) in [6, 6.07) is 21.1. The largest absolute Gasteiger partial charge is 0.369 e. The lowest BCUT2D eigenvalue weighted by molar-refractivity contribution is 0.248. The molecule has 1 aliphatic rings. The number of rotatable bonds is 4. The first-order valence-corrected chi connectivity index (χ1v) is 8.50. The molecular formula is C20H24Cl2N4. The second kappa shape index (κ2) is 9.62. The number of hydrogen-bond donors (Lipinski definition) is 1. The molecule has 0 aliphatic carbocycles. The molecule has 0 atom stereocenters. The first-order chi connectivity index (χ1) is 11.9. The average molecular weight is 391 g/mol. The van der Waals surface area contributed by atoms with Crippen molar-refractivity contribution in [3.05, 3.63) is 72.7 Å². The number of para-hydroxylation sites is 1. The summed E-state index contributed by atoms with van der Waals surface area (Å²) in [5, 5.41) is 0. The van der Waals surface area contributed by atoms with E-state index in [1.807, 2.05) is 6.07 Å². The van der Waals surface area contributed by atoms with E-state index in [1.54, 1.807) is 6.33 Å². The molecule has 4 rings (SSSR count). The van der Waals surface area contributed by atoms with Crippen LogP contribution >= 0.6 is 24.8 Å². The number of aromatic amines is 1. The second-order valence-electron chi connectivity index (χ2n) is 6.19.